The topological polar surface area (TPSA) is 113 Å². The summed E-state index contributed by atoms with van der Waals surface area (Å²) in [5.74, 6) is -2.13. The van der Waals surface area contributed by atoms with E-state index in [0.29, 0.717) is 0 Å². The lowest BCUT2D eigenvalue weighted by Gasteiger charge is -2.11. The number of carbonyl (C=O) groups excluding carboxylic acids is 2. The van der Waals surface area contributed by atoms with Gasteiger partial charge in [0.1, 0.15) is 0 Å². The molecule has 1 unspecified atom stereocenters. The molecule has 0 aromatic heterocycles. The Hall–Kier alpha value is -2.08. The van der Waals surface area contributed by atoms with Gasteiger partial charge in [-0.25, -0.2) is 0 Å². The molecule has 1 amide bonds. The highest BCUT2D eigenvalue weighted by Gasteiger charge is 2.24. The number of primary amides is 1. The Bertz CT molecular complexity index is 431. The largest absolute Gasteiger partial charge is 0.504 e. The summed E-state index contributed by atoms with van der Waals surface area (Å²) in [6, 6.07) is 2.38. The van der Waals surface area contributed by atoms with Gasteiger partial charge in [0.05, 0.1) is 0 Å². The van der Waals surface area contributed by atoms with Crippen LogP contribution in [0.1, 0.15) is 10.4 Å². The molecule has 1 atom stereocenters. The van der Waals surface area contributed by atoms with Crippen molar-refractivity contribution >= 4 is 11.7 Å². The molecular weight excluding hydrogens is 212 g/mol. The molecule has 0 aliphatic rings. The molecule has 0 aliphatic heterocycles. The molecule has 0 bridgehead atoms. The van der Waals surface area contributed by atoms with Crippen molar-refractivity contribution in [2.45, 2.75) is 6.04 Å². The Morgan fingerprint density at radius 2 is 1.94 bits per heavy atom. The summed E-state index contributed by atoms with van der Waals surface area (Å²) in [7, 11) is 1.42. The molecule has 1 aromatic rings. The van der Waals surface area contributed by atoms with Crippen molar-refractivity contribution in [2.24, 2.45) is 5.73 Å². The standard InChI is InChI=1S/C10H12N2O4/c1-12-8(10(11)16)9(15)5-2-3-6(13)7(14)4-5/h2-4,8,12-14H,1H3,(H2,11,16). The van der Waals surface area contributed by atoms with E-state index in [1.807, 2.05) is 0 Å². The number of rotatable bonds is 4. The number of phenolic OH excluding ortho intramolecular Hbond substituents is 2. The molecule has 16 heavy (non-hydrogen) atoms. The van der Waals surface area contributed by atoms with Crippen LogP contribution < -0.4 is 11.1 Å². The Balaban J connectivity index is 3.04. The normalized spacial score (nSPS) is 12.1. The van der Waals surface area contributed by atoms with Gasteiger partial charge in [0.2, 0.25) is 5.91 Å². The van der Waals surface area contributed by atoms with Gasteiger partial charge in [-0.3, -0.25) is 9.59 Å². The van der Waals surface area contributed by atoms with E-state index in [2.05, 4.69) is 5.32 Å². The van der Waals surface area contributed by atoms with Crippen LogP contribution in [-0.2, 0) is 4.79 Å². The lowest BCUT2D eigenvalue weighted by Crippen LogP contribution is -2.45. The first-order valence-corrected chi connectivity index (χ1v) is 4.50. The summed E-state index contributed by atoms with van der Waals surface area (Å²) in [6.45, 7) is 0. The van der Waals surface area contributed by atoms with Crippen molar-refractivity contribution in [1.29, 1.82) is 0 Å². The Labute approximate surface area is 91.7 Å². The van der Waals surface area contributed by atoms with Crippen LogP contribution in [0.4, 0.5) is 0 Å². The maximum Gasteiger partial charge on any atom is 0.242 e. The van der Waals surface area contributed by atoms with Crippen molar-refractivity contribution < 1.29 is 19.8 Å². The van der Waals surface area contributed by atoms with Crippen LogP contribution in [-0.4, -0.2) is 35.0 Å². The van der Waals surface area contributed by atoms with Gasteiger partial charge in [-0.05, 0) is 25.2 Å². The van der Waals surface area contributed by atoms with E-state index in [1.54, 1.807) is 0 Å². The highest BCUT2D eigenvalue weighted by Crippen LogP contribution is 2.25. The molecule has 6 nitrogen and oxygen atoms in total. The monoisotopic (exact) mass is 224 g/mol. The van der Waals surface area contributed by atoms with Crippen molar-refractivity contribution in [1.82, 2.24) is 5.32 Å². The minimum atomic E-state index is -1.15. The van der Waals surface area contributed by atoms with Crippen LogP contribution in [0.2, 0.25) is 0 Å². The zero-order chi connectivity index (χ0) is 12.3. The fourth-order valence-electron chi connectivity index (χ4n) is 1.25. The van der Waals surface area contributed by atoms with E-state index in [4.69, 9.17) is 10.8 Å². The summed E-state index contributed by atoms with van der Waals surface area (Å²) in [5, 5.41) is 20.7. The number of carbonyl (C=O) groups is 2. The average molecular weight is 224 g/mol. The van der Waals surface area contributed by atoms with Gasteiger partial charge < -0.3 is 21.3 Å². The molecule has 0 saturated carbocycles. The minimum Gasteiger partial charge on any atom is -0.504 e. The Morgan fingerprint density at radius 1 is 1.31 bits per heavy atom. The zero-order valence-electron chi connectivity index (χ0n) is 8.60. The molecule has 0 saturated heterocycles. The number of nitrogens with one attached hydrogen (secondary N) is 1. The number of benzene rings is 1. The van der Waals surface area contributed by atoms with E-state index < -0.39 is 23.5 Å². The molecule has 5 N–H and O–H groups in total. The highest BCUT2D eigenvalue weighted by atomic mass is 16.3. The number of hydrogen-bond acceptors (Lipinski definition) is 5. The summed E-state index contributed by atoms with van der Waals surface area (Å²) >= 11 is 0. The molecule has 1 aromatic carbocycles. The van der Waals surface area contributed by atoms with Gasteiger partial charge in [0.25, 0.3) is 0 Å². The fraction of sp³-hybridized carbons (Fsp3) is 0.200. The van der Waals surface area contributed by atoms with Crippen LogP contribution in [0.3, 0.4) is 0 Å². The summed E-state index contributed by atoms with van der Waals surface area (Å²) in [6.07, 6.45) is 0. The number of phenols is 2. The second kappa shape index (κ2) is 4.63. The van der Waals surface area contributed by atoms with E-state index >= 15 is 0 Å². The van der Waals surface area contributed by atoms with Crippen molar-refractivity contribution in [3.8, 4) is 11.5 Å². The number of Topliss-reactive ketones (excluding diaryl/α,β-unsaturated/α-hetero) is 1. The fourth-order valence-corrected chi connectivity index (χ4v) is 1.25. The van der Waals surface area contributed by atoms with Gasteiger partial charge >= 0.3 is 0 Å². The Morgan fingerprint density at radius 3 is 2.38 bits per heavy atom. The number of amides is 1. The maximum absolute atomic E-state index is 11.7. The Kier molecular flexibility index (Phi) is 3.47. The third-order valence-corrected chi connectivity index (χ3v) is 2.10. The number of likely N-dealkylation sites (N-methyl/N-ethyl adjacent to an activating group) is 1. The number of ketones is 1. The van der Waals surface area contributed by atoms with Gasteiger partial charge in [0.15, 0.2) is 23.3 Å². The quantitative estimate of drug-likeness (QED) is 0.308. The van der Waals surface area contributed by atoms with Crippen LogP contribution in [0.5, 0.6) is 11.5 Å². The second-order valence-corrected chi connectivity index (χ2v) is 3.19. The second-order valence-electron chi connectivity index (χ2n) is 3.19. The van der Waals surface area contributed by atoms with Crippen molar-refractivity contribution in [3.63, 3.8) is 0 Å². The first kappa shape index (κ1) is 12.0. The van der Waals surface area contributed by atoms with Gasteiger partial charge in [0, 0.05) is 5.56 Å². The smallest absolute Gasteiger partial charge is 0.242 e. The zero-order valence-corrected chi connectivity index (χ0v) is 8.60. The summed E-state index contributed by atoms with van der Waals surface area (Å²) in [4.78, 5) is 22.6. The van der Waals surface area contributed by atoms with Crippen LogP contribution in [0, 0.1) is 0 Å². The van der Waals surface area contributed by atoms with E-state index in [9.17, 15) is 14.7 Å². The predicted molar refractivity (Wildman–Crippen MR) is 56.1 cm³/mol. The molecule has 1 rings (SSSR count). The van der Waals surface area contributed by atoms with E-state index in [-0.39, 0.29) is 11.3 Å². The molecule has 86 valence electrons. The maximum atomic E-state index is 11.7. The highest BCUT2D eigenvalue weighted by molar-refractivity contribution is 6.13. The van der Waals surface area contributed by atoms with Gasteiger partial charge in [-0.1, -0.05) is 0 Å². The van der Waals surface area contributed by atoms with E-state index in [0.717, 1.165) is 12.1 Å². The molecule has 0 spiro atoms. The van der Waals surface area contributed by atoms with Crippen LogP contribution >= 0.6 is 0 Å². The summed E-state index contributed by atoms with van der Waals surface area (Å²) in [5.41, 5.74) is 5.11. The molecular formula is C10H12N2O4. The molecule has 0 radical (unpaired) electrons. The molecule has 6 heteroatoms. The third-order valence-electron chi connectivity index (χ3n) is 2.10. The lowest BCUT2D eigenvalue weighted by molar-refractivity contribution is -0.118. The molecule has 0 heterocycles. The third kappa shape index (κ3) is 2.29. The van der Waals surface area contributed by atoms with Crippen molar-refractivity contribution in [3.05, 3.63) is 23.8 Å². The first-order valence-electron chi connectivity index (χ1n) is 4.50. The van der Waals surface area contributed by atoms with Crippen LogP contribution in [0.15, 0.2) is 18.2 Å². The minimum absolute atomic E-state index is 0.0912. The molecule has 0 fully saturated rings. The summed E-state index contributed by atoms with van der Waals surface area (Å²) < 4.78 is 0. The number of nitrogens with two attached hydrogens (primary N) is 1. The SMILES string of the molecule is CNC(C(N)=O)C(=O)c1ccc(O)c(O)c1. The molecule has 0 aliphatic carbocycles. The van der Waals surface area contributed by atoms with Crippen molar-refractivity contribution in [2.75, 3.05) is 7.05 Å². The van der Waals surface area contributed by atoms with E-state index in [1.165, 1.54) is 13.1 Å². The van der Waals surface area contributed by atoms with Gasteiger partial charge in [-0.2, -0.15) is 0 Å². The first-order chi connectivity index (χ1) is 7.47. The number of hydrogen-bond donors (Lipinski definition) is 4. The average Bonchev–Trinajstić information content (AvgIpc) is 2.22. The van der Waals surface area contributed by atoms with Gasteiger partial charge in [-0.15, -0.1) is 0 Å². The number of aromatic hydroxyl groups is 2. The predicted octanol–water partition coefficient (Wildman–Crippen LogP) is -0.646. The lowest BCUT2D eigenvalue weighted by atomic mass is 10.0. The van der Waals surface area contributed by atoms with Crippen LogP contribution in [0.25, 0.3) is 0 Å².